The maximum Gasteiger partial charge on any atom is 0.268 e. The molecule has 0 radical (unpaired) electrons. The molecule has 9 rings (SSSR count). The van der Waals surface area contributed by atoms with Crippen LogP contribution in [0.4, 0.5) is 5.69 Å². The van der Waals surface area contributed by atoms with Crippen molar-refractivity contribution in [2.45, 2.75) is 13.8 Å². The van der Waals surface area contributed by atoms with E-state index >= 15 is 0 Å². The van der Waals surface area contributed by atoms with Crippen molar-refractivity contribution in [2.75, 3.05) is 4.90 Å². The number of carbonyl (C=O) groups is 2. The standard InChI is InChI=1S/C46H32N2O2/c1-29-24-30(2)26-35(25-29)34-20-22-37-36-16-9-10-18-40(36)47(43(37)28-34)42-19-11-17-38-44(42)46(50)48(45(38)49)41-23-21-33(31-12-5-3-6-13-31)27-39(41)32-14-7-4-8-15-32/h3-28H,1-2H3. The lowest BCUT2D eigenvalue weighted by atomic mass is 9.97. The van der Waals surface area contributed by atoms with Crippen LogP contribution in [0, 0.1) is 13.8 Å². The Morgan fingerprint density at radius 3 is 1.80 bits per heavy atom. The number of aromatic nitrogens is 1. The highest BCUT2D eigenvalue weighted by molar-refractivity contribution is 6.36. The fraction of sp³-hybridized carbons (Fsp3) is 0.0435. The highest BCUT2D eigenvalue weighted by Gasteiger charge is 2.40. The number of anilines is 1. The van der Waals surface area contributed by atoms with Crippen molar-refractivity contribution in [1.29, 1.82) is 0 Å². The summed E-state index contributed by atoms with van der Waals surface area (Å²) in [4.78, 5) is 30.5. The van der Waals surface area contributed by atoms with E-state index in [9.17, 15) is 9.59 Å². The lowest BCUT2D eigenvalue weighted by Crippen LogP contribution is -2.30. The molecule has 0 spiro atoms. The highest BCUT2D eigenvalue weighted by atomic mass is 16.2. The van der Waals surface area contributed by atoms with E-state index in [1.54, 1.807) is 6.07 Å². The SMILES string of the molecule is Cc1cc(C)cc(-c2ccc3c4ccccc4n(-c4cccc5c4C(=O)N(c4ccc(-c6ccccc6)cc4-c4ccccc4)C5=O)c3c2)c1. The van der Waals surface area contributed by atoms with Crippen LogP contribution in [-0.2, 0) is 0 Å². The Morgan fingerprint density at radius 1 is 0.400 bits per heavy atom. The normalized spacial score (nSPS) is 12.6. The van der Waals surface area contributed by atoms with Crippen molar-refractivity contribution in [2.24, 2.45) is 0 Å². The Kier molecular flexibility index (Phi) is 6.85. The molecule has 0 fully saturated rings. The minimum atomic E-state index is -0.332. The number of hydrogen-bond donors (Lipinski definition) is 0. The summed E-state index contributed by atoms with van der Waals surface area (Å²) < 4.78 is 2.15. The van der Waals surface area contributed by atoms with Gasteiger partial charge in [-0.1, -0.05) is 132 Å². The zero-order chi connectivity index (χ0) is 33.9. The van der Waals surface area contributed by atoms with Crippen LogP contribution in [0.3, 0.4) is 0 Å². The van der Waals surface area contributed by atoms with Gasteiger partial charge in [-0.2, -0.15) is 0 Å². The molecule has 1 aliphatic heterocycles. The van der Waals surface area contributed by atoms with Crippen LogP contribution in [0.2, 0.25) is 0 Å². The number of fused-ring (bicyclic) bond motifs is 4. The summed E-state index contributed by atoms with van der Waals surface area (Å²) in [5, 5.41) is 2.17. The second kappa shape index (κ2) is 11.6. The van der Waals surface area contributed by atoms with Gasteiger partial charge in [-0.15, -0.1) is 0 Å². The predicted molar refractivity (Wildman–Crippen MR) is 204 cm³/mol. The van der Waals surface area contributed by atoms with E-state index in [0.717, 1.165) is 55.2 Å². The van der Waals surface area contributed by atoms with Crippen molar-refractivity contribution >= 4 is 39.3 Å². The van der Waals surface area contributed by atoms with Gasteiger partial charge in [0.1, 0.15) is 0 Å². The van der Waals surface area contributed by atoms with Gasteiger partial charge in [0.25, 0.3) is 11.8 Å². The summed E-state index contributed by atoms with van der Waals surface area (Å²) >= 11 is 0. The molecular weight excluding hydrogens is 613 g/mol. The van der Waals surface area contributed by atoms with E-state index in [4.69, 9.17) is 0 Å². The Bertz CT molecular complexity index is 2630. The summed E-state index contributed by atoms with van der Waals surface area (Å²) in [6.45, 7) is 4.23. The molecule has 0 unspecified atom stereocenters. The van der Waals surface area contributed by atoms with Gasteiger partial charge in [0.2, 0.25) is 0 Å². The van der Waals surface area contributed by atoms with Crippen LogP contribution in [0.5, 0.6) is 0 Å². The molecule has 7 aromatic carbocycles. The Balaban J connectivity index is 1.24. The molecule has 0 bridgehead atoms. The van der Waals surface area contributed by atoms with E-state index < -0.39 is 0 Å². The quantitative estimate of drug-likeness (QED) is 0.175. The van der Waals surface area contributed by atoms with Crippen LogP contribution in [0.15, 0.2) is 158 Å². The molecule has 50 heavy (non-hydrogen) atoms. The third-order valence-electron chi connectivity index (χ3n) is 9.79. The zero-order valence-electron chi connectivity index (χ0n) is 27.7. The minimum absolute atomic E-state index is 0.326. The van der Waals surface area contributed by atoms with E-state index in [-0.39, 0.29) is 11.8 Å². The first kappa shape index (κ1) is 29.6. The van der Waals surface area contributed by atoms with Gasteiger partial charge in [-0.3, -0.25) is 9.59 Å². The maximum absolute atomic E-state index is 14.8. The molecule has 0 aliphatic carbocycles. The number of nitrogens with zero attached hydrogens (tertiary/aromatic N) is 2. The lowest BCUT2D eigenvalue weighted by Gasteiger charge is -2.20. The van der Waals surface area contributed by atoms with Gasteiger partial charge in [0, 0.05) is 16.3 Å². The van der Waals surface area contributed by atoms with E-state index in [1.165, 1.54) is 16.0 Å². The smallest absolute Gasteiger partial charge is 0.268 e. The Morgan fingerprint density at radius 2 is 1.04 bits per heavy atom. The molecule has 2 heterocycles. The second-order valence-corrected chi connectivity index (χ2v) is 13.1. The summed E-state index contributed by atoms with van der Waals surface area (Å²) in [6, 6.07) is 53.1. The van der Waals surface area contributed by atoms with E-state index in [0.29, 0.717) is 22.5 Å². The number of aryl methyl sites for hydroxylation is 2. The number of rotatable bonds is 5. The number of imide groups is 1. The molecule has 4 nitrogen and oxygen atoms in total. The zero-order valence-corrected chi connectivity index (χ0v) is 27.7. The largest absolute Gasteiger partial charge is 0.308 e. The predicted octanol–water partition coefficient (Wildman–Crippen LogP) is 11.2. The Hall–Kier alpha value is -6.52. The van der Waals surface area contributed by atoms with Gasteiger partial charge in [0.05, 0.1) is 33.5 Å². The van der Waals surface area contributed by atoms with Crippen LogP contribution < -0.4 is 4.90 Å². The van der Waals surface area contributed by atoms with Crippen LogP contribution >= 0.6 is 0 Å². The molecule has 0 atom stereocenters. The molecular formula is C46H32N2O2. The lowest BCUT2D eigenvalue weighted by molar-refractivity contribution is 0.0926. The third kappa shape index (κ3) is 4.68. The average molecular weight is 645 g/mol. The number of amides is 2. The van der Waals surface area contributed by atoms with Gasteiger partial charge in [-0.05, 0) is 78.1 Å². The van der Waals surface area contributed by atoms with Crippen LogP contribution in [-0.4, -0.2) is 16.4 Å². The van der Waals surface area contributed by atoms with E-state index in [2.05, 4.69) is 85.1 Å². The minimum Gasteiger partial charge on any atom is -0.308 e. The summed E-state index contributed by atoms with van der Waals surface area (Å²) in [7, 11) is 0. The summed E-state index contributed by atoms with van der Waals surface area (Å²) in [5.41, 5.74) is 12.5. The fourth-order valence-corrected chi connectivity index (χ4v) is 7.61. The number of para-hydroxylation sites is 1. The second-order valence-electron chi connectivity index (χ2n) is 13.1. The van der Waals surface area contributed by atoms with Crippen molar-refractivity contribution < 1.29 is 9.59 Å². The summed E-state index contributed by atoms with van der Waals surface area (Å²) in [5.74, 6) is -0.658. The monoisotopic (exact) mass is 644 g/mol. The summed E-state index contributed by atoms with van der Waals surface area (Å²) in [6.07, 6.45) is 0. The van der Waals surface area contributed by atoms with Gasteiger partial charge < -0.3 is 4.57 Å². The Labute approximate surface area is 290 Å². The van der Waals surface area contributed by atoms with Crippen molar-refractivity contribution in [3.63, 3.8) is 0 Å². The molecule has 0 saturated carbocycles. The van der Waals surface area contributed by atoms with Crippen molar-refractivity contribution in [1.82, 2.24) is 4.57 Å². The first-order valence-electron chi connectivity index (χ1n) is 16.9. The van der Waals surface area contributed by atoms with Crippen LogP contribution in [0.25, 0.3) is 60.9 Å². The van der Waals surface area contributed by atoms with Gasteiger partial charge in [-0.25, -0.2) is 4.90 Å². The van der Waals surface area contributed by atoms with Gasteiger partial charge in [0.15, 0.2) is 0 Å². The first-order chi connectivity index (χ1) is 24.5. The molecule has 1 aromatic heterocycles. The molecule has 2 amide bonds. The number of hydrogen-bond acceptors (Lipinski definition) is 2. The molecule has 4 heteroatoms. The third-order valence-corrected chi connectivity index (χ3v) is 9.79. The average Bonchev–Trinajstić information content (AvgIpc) is 3.61. The fourth-order valence-electron chi connectivity index (χ4n) is 7.61. The molecule has 8 aromatic rings. The molecule has 0 saturated heterocycles. The van der Waals surface area contributed by atoms with E-state index in [1.807, 2.05) is 84.9 Å². The highest BCUT2D eigenvalue weighted by Crippen LogP contribution is 2.42. The van der Waals surface area contributed by atoms with Crippen molar-refractivity contribution in [3.8, 4) is 39.1 Å². The van der Waals surface area contributed by atoms with Gasteiger partial charge >= 0.3 is 0 Å². The topological polar surface area (TPSA) is 42.3 Å². The first-order valence-corrected chi connectivity index (χ1v) is 16.9. The van der Waals surface area contributed by atoms with Crippen molar-refractivity contribution in [3.05, 3.63) is 180 Å². The molecule has 1 aliphatic rings. The maximum atomic E-state index is 14.8. The van der Waals surface area contributed by atoms with Crippen LogP contribution in [0.1, 0.15) is 31.8 Å². The molecule has 0 N–H and O–H groups in total. The number of carbonyl (C=O) groups excluding carboxylic acids is 2. The number of benzene rings is 7. The molecule has 238 valence electrons.